The zero-order valence-electron chi connectivity index (χ0n) is 32.0. The lowest BCUT2D eigenvalue weighted by Gasteiger charge is -2.49. The van der Waals surface area contributed by atoms with Gasteiger partial charge in [0.1, 0.15) is 30.2 Å². The first-order chi connectivity index (χ1) is 23.1. The highest BCUT2D eigenvalue weighted by atomic mass is 16.7. The van der Waals surface area contributed by atoms with Crippen LogP contribution in [-0.2, 0) is 38.0 Å². The number of likely N-dealkylation sites (N-methyl/N-ethyl adjacent to an activating group) is 1. The predicted octanol–water partition coefficient (Wildman–Crippen LogP) is 1.40. The molecule has 18 atom stereocenters. The van der Waals surface area contributed by atoms with Gasteiger partial charge in [0.25, 0.3) is 0 Å². The number of hydrogen-bond acceptors (Lipinski definition) is 14. The minimum absolute atomic E-state index is 0.0975. The Morgan fingerprint density at radius 2 is 1.50 bits per heavy atom. The maximum Gasteiger partial charge on any atom is 0.311 e. The first kappa shape index (κ1) is 43.1. The van der Waals surface area contributed by atoms with Gasteiger partial charge in [0.2, 0.25) is 0 Å². The molecule has 0 amide bonds. The van der Waals surface area contributed by atoms with Crippen molar-refractivity contribution in [3.05, 3.63) is 0 Å². The van der Waals surface area contributed by atoms with Crippen molar-refractivity contribution in [1.82, 2.24) is 4.90 Å². The third-order valence-electron chi connectivity index (χ3n) is 11.4. The van der Waals surface area contributed by atoms with Crippen molar-refractivity contribution < 1.29 is 63.5 Å². The molecule has 3 aliphatic heterocycles. The Labute approximate surface area is 297 Å². The van der Waals surface area contributed by atoms with Gasteiger partial charge >= 0.3 is 5.97 Å². The summed E-state index contributed by atoms with van der Waals surface area (Å²) in [6.45, 7) is 15.0. The van der Waals surface area contributed by atoms with E-state index in [0.29, 0.717) is 6.42 Å². The van der Waals surface area contributed by atoms with Gasteiger partial charge in [0.15, 0.2) is 12.6 Å². The Hall–Kier alpha value is -1.30. The van der Waals surface area contributed by atoms with Gasteiger partial charge in [-0.2, -0.15) is 0 Å². The Kier molecular flexibility index (Phi) is 14.9. The molecule has 0 spiro atoms. The molecule has 0 bridgehead atoms. The van der Waals surface area contributed by atoms with Gasteiger partial charge in [-0.1, -0.05) is 27.7 Å². The molecule has 3 aliphatic rings. The highest BCUT2D eigenvalue weighted by Crippen LogP contribution is 2.40. The molecule has 0 saturated carbocycles. The smallest absolute Gasteiger partial charge is 0.311 e. The average Bonchev–Trinajstić information content (AvgIpc) is 3.05. The fraction of sp³-hybridized carbons (Fsp3) is 0.944. The van der Waals surface area contributed by atoms with E-state index in [1.807, 2.05) is 25.9 Å². The van der Waals surface area contributed by atoms with Crippen LogP contribution in [0.2, 0.25) is 0 Å². The molecular formula is C36H65NO13. The van der Waals surface area contributed by atoms with Crippen LogP contribution < -0.4 is 0 Å². The summed E-state index contributed by atoms with van der Waals surface area (Å²) in [5.74, 6) is -4.89. The molecule has 0 aromatic heterocycles. The maximum atomic E-state index is 13.9. The number of rotatable bonds is 7. The zero-order valence-corrected chi connectivity index (χ0v) is 32.0. The van der Waals surface area contributed by atoms with E-state index in [4.69, 9.17) is 28.4 Å². The number of nitrogens with zero attached hydrogens (tertiary/aromatic N) is 1. The van der Waals surface area contributed by atoms with Crippen LogP contribution in [0.5, 0.6) is 0 Å². The molecule has 0 aromatic rings. The number of ketones is 1. The molecule has 292 valence electrons. The molecule has 0 aliphatic carbocycles. The van der Waals surface area contributed by atoms with E-state index < -0.39 is 108 Å². The van der Waals surface area contributed by atoms with E-state index >= 15 is 0 Å². The number of aliphatic hydroxyl groups excluding tert-OH is 4. The fourth-order valence-corrected chi connectivity index (χ4v) is 8.03. The third kappa shape index (κ3) is 9.43. The van der Waals surface area contributed by atoms with Gasteiger partial charge in [0, 0.05) is 37.3 Å². The number of cyclic esters (lactones) is 1. The van der Waals surface area contributed by atoms with E-state index in [9.17, 15) is 35.1 Å². The number of methoxy groups -OCH3 is 1. The molecule has 0 aromatic carbocycles. The van der Waals surface area contributed by atoms with Gasteiger partial charge in [-0.3, -0.25) is 9.59 Å². The molecule has 14 heteroatoms. The minimum atomic E-state index is -1.78. The quantitative estimate of drug-likeness (QED) is 0.237. The van der Waals surface area contributed by atoms with Gasteiger partial charge in [-0.05, 0) is 68.0 Å². The summed E-state index contributed by atoms with van der Waals surface area (Å²) in [5, 5.41) is 56.8. The average molecular weight is 720 g/mol. The highest BCUT2D eigenvalue weighted by Gasteiger charge is 2.52. The van der Waals surface area contributed by atoms with Crippen molar-refractivity contribution in [3.63, 3.8) is 0 Å². The van der Waals surface area contributed by atoms with Crippen molar-refractivity contribution in [3.8, 4) is 0 Å². The summed E-state index contributed by atoms with van der Waals surface area (Å²) < 4.78 is 36.9. The maximum absolute atomic E-state index is 13.9. The number of carbonyl (C=O) groups is 2. The van der Waals surface area contributed by atoms with Crippen LogP contribution in [-0.4, -0.2) is 148 Å². The number of esters is 1. The third-order valence-corrected chi connectivity index (χ3v) is 11.4. The summed E-state index contributed by atoms with van der Waals surface area (Å²) in [6, 6.07) is -0.320. The topological polar surface area (TPSA) is 194 Å². The van der Waals surface area contributed by atoms with Crippen LogP contribution in [0.1, 0.15) is 88.0 Å². The summed E-state index contributed by atoms with van der Waals surface area (Å²) in [4.78, 5) is 29.5. The second-order valence-corrected chi connectivity index (χ2v) is 15.8. The van der Waals surface area contributed by atoms with Crippen LogP contribution in [0.3, 0.4) is 0 Å². The largest absolute Gasteiger partial charge is 0.459 e. The van der Waals surface area contributed by atoms with E-state index in [2.05, 4.69) is 0 Å². The lowest BCUT2D eigenvalue weighted by atomic mass is 9.75. The predicted molar refractivity (Wildman–Crippen MR) is 182 cm³/mol. The Morgan fingerprint density at radius 1 is 0.880 bits per heavy atom. The van der Waals surface area contributed by atoms with Crippen molar-refractivity contribution >= 4 is 11.8 Å². The minimum Gasteiger partial charge on any atom is -0.459 e. The highest BCUT2D eigenvalue weighted by molar-refractivity contribution is 5.83. The summed E-state index contributed by atoms with van der Waals surface area (Å²) in [6.07, 6.45) is -11.1. The van der Waals surface area contributed by atoms with Crippen molar-refractivity contribution in [2.75, 3.05) is 21.2 Å². The number of ether oxygens (including phenoxy) is 6. The monoisotopic (exact) mass is 719 g/mol. The van der Waals surface area contributed by atoms with Crippen LogP contribution in [0.15, 0.2) is 0 Å². The standard InChI is InChI=1S/C36H65NO13/c1-13-24-29(41)27(39)19(4)26(38)17(2)15-35(8,44)32(50-34-28(40)23(37(10)11)14-18(3)46-34)20(5)30(21(6)33(43)48-24)49-25-16-36(9,45-12)31(42)22(7)47-25/h17-25,27-32,34,39-42,44H,13-16H2,1-12H3/t17-,18-,19+,20+,21-,22+,23+,24-,25?,27-,28-,29-,30?,31?,32-,34?,35-,36-/m1/s1. The van der Waals surface area contributed by atoms with Crippen molar-refractivity contribution in [1.29, 1.82) is 0 Å². The van der Waals surface area contributed by atoms with Crippen molar-refractivity contribution in [2.45, 2.75) is 173 Å². The van der Waals surface area contributed by atoms with E-state index in [1.165, 1.54) is 21.0 Å². The zero-order chi connectivity index (χ0) is 38.0. The first-order valence-electron chi connectivity index (χ1n) is 18.1. The lowest BCUT2D eigenvalue weighted by molar-refractivity contribution is -0.317. The van der Waals surface area contributed by atoms with Crippen LogP contribution >= 0.6 is 0 Å². The molecule has 3 fully saturated rings. The summed E-state index contributed by atoms with van der Waals surface area (Å²) in [5.41, 5.74) is -2.83. The van der Waals surface area contributed by atoms with Gasteiger partial charge in [-0.15, -0.1) is 0 Å². The van der Waals surface area contributed by atoms with E-state index in [1.54, 1.807) is 41.5 Å². The van der Waals surface area contributed by atoms with Crippen LogP contribution in [0.4, 0.5) is 0 Å². The molecular weight excluding hydrogens is 654 g/mol. The molecule has 4 unspecified atom stereocenters. The molecule has 3 rings (SSSR count). The Morgan fingerprint density at radius 3 is 2.06 bits per heavy atom. The van der Waals surface area contributed by atoms with Gasteiger partial charge < -0.3 is 58.9 Å². The number of carbonyl (C=O) groups excluding carboxylic acids is 2. The molecule has 5 N–H and O–H groups in total. The van der Waals surface area contributed by atoms with Gasteiger partial charge in [-0.25, -0.2) is 0 Å². The van der Waals surface area contributed by atoms with Crippen LogP contribution in [0, 0.1) is 23.7 Å². The molecule has 3 heterocycles. The number of Topliss-reactive ketones (excluding diaryl/α,β-unsaturated/α-hetero) is 1. The fourth-order valence-electron chi connectivity index (χ4n) is 8.03. The van der Waals surface area contributed by atoms with E-state index in [0.717, 1.165) is 0 Å². The Bertz CT molecular complexity index is 1120. The molecule has 14 nitrogen and oxygen atoms in total. The summed E-state index contributed by atoms with van der Waals surface area (Å²) in [7, 11) is 5.17. The lowest BCUT2D eigenvalue weighted by Crippen LogP contribution is -2.60. The van der Waals surface area contributed by atoms with E-state index in [-0.39, 0.29) is 31.4 Å². The SMILES string of the molecule is CC[C@H]1OC(=O)[C@H](C)C(OC2C[C@@](C)(OC)C(O)[C@H](C)O2)[C@H](C)[C@@H](OC2O[C@H](C)C[C@H](N(C)C)[C@H]2O)[C@](C)(O)C[C@@H](C)C(=O)[C@H](C)[C@@H](O)[C@@H]1O. The van der Waals surface area contributed by atoms with Gasteiger partial charge in [0.05, 0.1) is 47.6 Å². The number of aliphatic hydroxyl groups is 5. The van der Waals surface area contributed by atoms with Crippen molar-refractivity contribution in [2.24, 2.45) is 23.7 Å². The summed E-state index contributed by atoms with van der Waals surface area (Å²) >= 11 is 0. The van der Waals surface area contributed by atoms with Crippen LogP contribution in [0.25, 0.3) is 0 Å². The normalized spacial score (nSPS) is 49.0. The first-order valence-corrected chi connectivity index (χ1v) is 18.1. The second-order valence-electron chi connectivity index (χ2n) is 15.8. The molecule has 0 radical (unpaired) electrons. The second kappa shape index (κ2) is 17.2. The molecule has 50 heavy (non-hydrogen) atoms. The Balaban J connectivity index is 2.16. The number of hydrogen-bond donors (Lipinski definition) is 5. The molecule has 3 saturated heterocycles.